The van der Waals surface area contributed by atoms with E-state index < -0.39 is 0 Å². The molecule has 4 heterocycles. The zero-order valence-corrected chi connectivity index (χ0v) is 17.1. The van der Waals surface area contributed by atoms with Crippen LogP contribution >= 0.6 is 0 Å². The standard InChI is InChI=1S/C22H30N6O/c1-2-15-9-16(27(17-12-29-13-17)8-6-14-3-4-14)10-18(15)22-26-25-20-11-24-21-19(28(20)22)5-7-23-21/h5,7,11,14-18,23H,2-4,6,8-10,12-13H2,1H3. The maximum absolute atomic E-state index is 5.57. The van der Waals surface area contributed by atoms with Gasteiger partial charge in [-0.05, 0) is 43.7 Å². The van der Waals surface area contributed by atoms with Gasteiger partial charge in [-0.25, -0.2) is 4.98 Å². The van der Waals surface area contributed by atoms with Crippen LogP contribution in [0, 0.1) is 11.8 Å². The topological polar surface area (TPSA) is 71.3 Å². The summed E-state index contributed by atoms with van der Waals surface area (Å²) in [7, 11) is 0. The van der Waals surface area contributed by atoms with Crippen molar-refractivity contribution in [3.8, 4) is 0 Å². The Morgan fingerprint density at radius 2 is 2.10 bits per heavy atom. The van der Waals surface area contributed by atoms with Gasteiger partial charge in [0.05, 0.1) is 31.0 Å². The summed E-state index contributed by atoms with van der Waals surface area (Å²) in [5.74, 6) is 3.20. The molecule has 7 heteroatoms. The van der Waals surface area contributed by atoms with Crippen molar-refractivity contribution in [2.45, 2.75) is 63.5 Å². The molecule has 3 atom stereocenters. The summed E-state index contributed by atoms with van der Waals surface area (Å²) >= 11 is 0. The second kappa shape index (κ2) is 7.06. The van der Waals surface area contributed by atoms with Crippen molar-refractivity contribution < 1.29 is 4.74 Å². The van der Waals surface area contributed by atoms with E-state index in [2.05, 4.69) is 42.5 Å². The van der Waals surface area contributed by atoms with Gasteiger partial charge in [-0.3, -0.25) is 9.30 Å². The maximum atomic E-state index is 5.57. The molecule has 29 heavy (non-hydrogen) atoms. The Balaban J connectivity index is 1.31. The molecule has 1 N–H and O–H groups in total. The van der Waals surface area contributed by atoms with Crippen LogP contribution in [-0.4, -0.2) is 61.3 Å². The molecule has 154 valence electrons. The quantitative estimate of drug-likeness (QED) is 0.665. The van der Waals surface area contributed by atoms with Crippen LogP contribution in [-0.2, 0) is 4.74 Å². The number of ether oxygens (including phenoxy) is 1. The third kappa shape index (κ3) is 3.06. The van der Waals surface area contributed by atoms with Gasteiger partial charge in [0, 0.05) is 18.2 Å². The van der Waals surface area contributed by atoms with Gasteiger partial charge in [0.1, 0.15) is 5.82 Å². The van der Waals surface area contributed by atoms with E-state index in [9.17, 15) is 0 Å². The molecule has 1 aliphatic heterocycles. The minimum atomic E-state index is 0.449. The molecule has 3 aromatic heterocycles. The number of aromatic nitrogens is 5. The highest BCUT2D eigenvalue weighted by Crippen LogP contribution is 2.44. The summed E-state index contributed by atoms with van der Waals surface area (Å²) in [6.45, 7) is 5.38. The molecule has 0 radical (unpaired) electrons. The lowest BCUT2D eigenvalue weighted by molar-refractivity contribution is -0.0798. The lowest BCUT2D eigenvalue weighted by atomic mass is 9.93. The van der Waals surface area contributed by atoms with Crippen LogP contribution in [0.25, 0.3) is 16.8 Å². The Morgan fingerprint density at radius 1 is 1.21 bits per heavy atom. The van der Waals surface area contributed by atoms with Gasteiger partial charge in [0.25, 0.3) is 0 Å². The van der Waals surface area contributed by atoms with Gasteiger partial charge >= 0.3 is 0 Å². The molecule has 1 saturated heterocycles. The van der Waals surface area contributed by atoms with Crippen LogP contribution in [0.5, 0.6) is 0 Å². The average Bonchev–Trinajstić information content (AvgIpc) is 3.08. The zero-order valence-electron chi connectivity index (χ0n) is 17.1. The van der Waals surface area contributed by atoms with Gasteiger partial charge < -0.3 is 9.72 Å². The lowest BCUT2D eigenvalue weighted by Gasteiger charge is -2.41. The molecule has 0 amide bonds. The molecule has 2 saturated carbocycles. The molecule has 3 unspecified atom stereocenters. The highest BCUT2D eigenvalue weighted by molar-refractivity contribution is 5.74. The van der Waals surface area contributed by atoms with Crippen LogP contribution < -0.4 is 0 Å². The average molecular weight is 395 g/mol. The summed E-state index contributed by atoms with van der Waals surface area (Å²) in [6, 6.07) is 3.34. The molecule has 0 spiro atoms. The highest BCUT2D eigenvalue weighted by Gasteiger charge is 2.42. The Kier molecular flexibility index (Phi) is 4.34. The second-order valence-corrected chi connectivity index (χ2v) is 9.28. The Hall–Kier alpha value is -1.99. The lowest BCUT2D eigenvalue weighted by Crippen LogP contribution is -2.53. The van der Waals surface area contributed by atoms with E-state index in [0.717, 1.165) is 41.8 Å². The van der Waals surface area contributed by atoms with Crippen molar-refractivity contribution in [3.05, 3.63) is 24.3 Å². The van der Waals surface area contributed by atoms with Gasteiger partial charge in [-0.1, -0.05) is 26.2 Å². The van der Waals surface area contributed by atoms with Crippen molar-refractivity contribution in [1.29, 1.82) is 0 Å². The van der Waals surface area contributed by atoms with Crippen LogP contribution in [0.4, 0.5) is 0 Å². The minimum Gasteiger partial charge on any atom is -0.378 e. The first-order valence-electron chi connectivity index (χ1n) is 11.3. The third-order valence-corrected chi connectivity index (χ3v) is 7.54. The van der Waals surface area contributed by atoms with E-state index >= 15 is 0 Å². The molecular weight excluding hydrogens is 364 g/mol. The summed E-state index contributed by atoms with van der Waals surface area (Å²) < 4.78 is 7.80. The number of nitrogens with one attached hydrogen (secondary N) is 1. The first kappa shape index (κ1) is 17.8. The number of hydrogen-bond donors (Lipinski definition) is 1. The van der Waals surface area contributed by atoms with Crippen LogP contribution in [0.1, 0.15) is 57.2 Å². The Morgan fingerprint density at radius 3 is 2.86 bits per heavy atom. The molecule has 3 aromatic rings. The monoisotopic (exact) mass is 394 g/mol. The number of aromatic amines is 1. The van der Waals surface area contributed by atoms with E-state index in [4.69, 9.17) is 4.74 Å². The summed E-state index contributed by atoms with van der Waals surface area (Å²) in [4.78, 5) is 10.5. The van der Waals surface area contributed by atoms with E-state index in [1.54, 1.807) is 0 Å². The number of rotatable bonds is 7. The van der Waals surface area contributed by atoms with Crippen LogP contribution in [0.3, 0.4) is 0 Å². The van der Waals surface area contributed by atoms with Crippen molar-refractivity contribution in [1.82, 2.24) is 29.5 Å². The number of hydrogen-bond acceptors (Lipinski definition) is 5. The zero-order chi connectivity index (χ0) is 19.4. The molecule has 0 aromatic carbocycles. The fraction of sp³-hybridized carbons (Fsp3) is 0.682. The van der Waals surface area contributed by atoms with Gasteiger partial charge in [-0.2, -0.15) is 0 Å². The number of nitrogens with zero attached hydrogens (tertiary/aromatic N) is 5. The molecule has 0 bridgehead atoms. The summed E-state index contributed by atoms with van der Waals surface area (Å²) in [5.41, 5.74) is 2.83. The largest absolute Gasteiger partial charge is 0.378 e. The number of H-pyrrole nitrogens is 1. The fourth-order valence-corrected chi connectivity index (χ4v) is 5.59. The van der Waals surface area contributed by atoms with E-state index in [1.807, 2.05) is 12.4 Å². The summed E-state index contributed by atoms with van der Waals surface area (Å²) in [5, 5.41) is 9.14. The molecule has 3 fully saturated rings. The molecule has 7 nitrogen and oxygen atoms in total. The van der Waals surface area contributed by atoms with Gasteiger partial charge in [0.15, 0.2) is 11.3 Å². The molecule has 3 aliphatic rings. The predicted octanol–water partition coefficient (Wildman–Crippen LogP) is 3.38. The first-order valence-corrected chi connectivity index (χ1v) is 11.3. The van der Waals surface area contributed by atoms with E-state index in [1.165, 1.54) is 45.1 Å². The van der Waals surface area contributed by atoms with Crippen LogP contribution in [0.2, 0.25) is 0 Å². The van der Waals surface area contributed by atoms with E-state index in [-0.39, 0.29) is 0 Å². The van der Waals surface area contributed by atoms with Gasteiger partial charge in [0.2, 0.25) is 0 Å². The normalized spacial score (nSPS) is 28.0. The van der Waals surface area contributed by atoms with Crippen molar-refractivity contribution >= 4 is 16.8 Å². The Labute approximate surface area is 170 Å². The van der Waals surface area contributed by atoms with E-state index in [0.29, 0.717) is 23.9 Å². The smallest absolute Gasteiger partial charge is 0.179 e. The maximum Gasteiger partial charge on any atom is 0.179 e. The fourth-order valence-electron chi connectivity index (χ4n) is 5.59. The van der Waals surface area contributed by atoms with Gasteiger partial charge in [-0.15, -0.1) is 10.2 Å². The first-order chi connectivity index (χ1) is 14.3. The molecular formula is C22H30N6O. The Bertz CT molecular complexity index is 1000. The van der Waals surface area contributed by atoms with Crippen molar-refractivity contribution in [3.63, 3.8) is 0 Å². The second-order valence-electron chi connectivity index (χ2n) is 9.28. The molecule has 6 rings (SSSR count). The van der Waals surface area contributed by atoms with Crippen molar-refractivity contribution in [2.75, 3.05) is 19.8 Å². The molecule has 2 aliphatic carbocycles. The highest BCUT2D eigenvalue weighted by atomic mass is 16.5. The third-order valence-electron chi connectivity index (χ3n) is 7.54. The number of fused-ring (bicyclic) bond motifs is 3. The SMILES string of the molecule is CCC1CC(N(CCC2CC2)C2COC2)CC1c1nnc2cnc3[nH]ccc3n12. The predicted molar refractivity (Wildman–Crippen MR) is 111 cm³/mol. The minimum absolute atomic E-state index is 0.449. The van der Waals surface area contributed by atoms with Crippen LogP contribution in [0.15, 0.2) is 18.5 Å². The summed E-state index contributed by atoms with van der Waals surface area (Å²) in [6.07, 6.45) is 11.6. The van der Waals surface area contributed by atoms with Crippen molar-refractivity contribution in [2.24, 2.45) is 11.8 Å².